The summed E-state index contributed by atoms with van der Waals surface area (Å²) in [5.41, 5.74) is 1.32. The number of carbonyl (C=O) groups is 2. The maximum atomic E-state index is 12.2. The van der Waals surface area contributed by atoms with Crippen molar-refractivity contribution in [1.82, 2.24) is 4.90 Å². The molecule has 3 rings (SSSR count). The van der Waals surface area contributed by atoms with Gasteiger partial charge in [0.25, 0.3) is 5.91 Å². The molecule has 0 saturated carbocycles. The van der Waals surface area contributed by atoms with Gasteiger partial charge in [-0.25, -0.2) is 0 Å². The van der Waals surface area contributed by atoms with E-state index in [1.807, 2.05) is 6.07 Å². The first-order chi connectivity index (χ1) is 9.04. The van der Waals surface area contributed by atoms with Crippen LogP contribution >= 0.6 is 11.3 Å². The van der Waals surface area contributed by atoms with Gasteiger partial charge < -0.3 is 10.0 Å². The summed E-state index contributed by atoms with van der Waals surface area (Å²) in [4.78, 5) is 26.7. The monoisotopic (exact) mass is 279 g/mol. The van der Waals surface area contributed by atoms with Crippen LogP contribution in [0.25, 0.3) is 0 Å². The predicted octanol–water partition coefficient (Wildman–Crippen LogP) is 2.03. The molecule has 2 heterocycles. The molecule has 0 bridgehead atoms. The number of carboxylic acid groups (broad SMARTS) is 1. The zero-order valence-electron chi connectivity index (χ0n) is 10.9. The van der Waals surface area contributed by atoms with Gasteiger partial charge in [-0.15, -0.1) is 11.3 Å². The molecule has 1 aliphatic carbocycles. The first-order valence-electron chi connectivity index (χ1n) is 6.68. The molecule has 19 heavy (non-hydrogen) atoms. The van der Waals surface area contributed by atoms with Crippen LogP contribution in [0.1, 0.15) is 33.5 Å². The Morgan fingerprint density at radius 3 is 2.84 bits per heavy atom. The normalized spacial score (nSPS) is 22.8. The minimum atomic E-state index is -0.802. The van der Waals surface area contributed by atoms with Crippen LogP contribution in [0.15, 0.2) is 6.07 Å². The first-order valence-corrected chi connectivity index (χ1v) is 7.50. The fraction of sp³-hybridized carbons (Fsp3) is 0.571. The highest BCUT2D eigenvalue weighted by Gasteiger charge is 2.36. The van der Waals surface area contributed by atoms with Crippen molar-refractivity contribution < 1.29 is 14.7 Å². The molecule has 1 aromatic rings. The summed E-state index contributed by atoms with van der Waals surface area (Å²) in [6.07, 6.45) is 3.34. The smallest absolute Gasteiger partial charge is 0.310 e. The average molecular weight is 279 g/mol. The van der Waals surface area contributed by atoms with E-state index >= 15 is 0 Å². The van der Waals surface area contributed by atoms with Crippen LogP contribution in [0, 0.1) is 11.8 Å². The number of likely N-dealkylation sites (tertiary alicyclic amines) is 1. The Labute approximate surface area is 116 Å². The van der Waals surface area contributed by atoms with E-state index in [2.05, 4.69) is 6.92 Å². The van der Waals surface area contributed by atoms with Gasteiger partial charge in [0.05, 0.1) is 10.8 Å². The largest absolute Gasteiger partial charge is 0.481 e. The molecule has 102 valence electrons. The molecule has 0 radical (unpaired) electrons. The van der Waals surface area contributed by atoms with Gasteiger partial charge in [-0.3, -0.25) is 9.59 Å². The van der Waals surface area contributed by atoms with Crippen LogP contribution in [-0.2, 0) is 17.6 Å². The minimum Gasteiger partial charge on any atom is -0.481 e. The Morgan fingerprint density at radius 2 is 2.16 bits per heavy atom. The molecule has 2 aliphatic rings. The molecule has 1 fully saturated rings. The molecule has 0 spiro atoms. The van der Waals surface area contributed by atoms with Crippen molar-refractivity contribution in [3.05, 3.63) is 21.4 Å². The van der Waals surface area contributed by atoms with E-state index in [1.54, 1.807) is 16.2 Å². The predicted molar refractivity (Wildman–Crippen MR) is 72.5 cm³/mol. The minimum absolute atomic E-state index is 0.00422. The van der Waals surface area contributed by atoms with E-state index in [-0.39, 0.29) is 11.8 Å². The number of amides is 1. The molecular formula is C14H17NO3S. The van der Waals surface area contributed by atoms with Gasteiger partial charge in [-0.2, -0.15) is 0 Å². The maximum Gasteiger partial charge on any atom is 0.310 e. The van der Waals surface area contributed by atoms with Crippen molar-refractivity contribution >= 4 is 23.2 Å². The van der Waals surface area contributed by atoms with Crippen LogP contribution < -0.4 is 0 Å². The summed E-state index contributed by atoms with van der Waals surface area (Å²) in [5.74, 6) is -0.475. The van der Waals surface area contributed by atoms with Gasteiger partial charge in [0.15, 0.2) is 0 Å². The quantitative estimate of drug-likeness (QED) is 0.901. The molecule has 4 nitrogen and oxygen atoms in total. The highest BCUT2D eigenvalue weighted by Crippen LogP contribution is 2.33. The fourth-order valence-electron chi connectivity index (χ4n) is 2.77. The lowest BCUT2D eigenvalue weighted by Gasteiger charge is -2.36. The highest BCUT2D eigenvalue weighted by atomic mass is 32.1. The number of fused-ring (bicyclic) bond motifs is 1. The van der Waals surface area contributed by atoms with Crippen LogP contribution in [0.3, 0.4) is 0 Å². The van der Waals surface area contributed by atoms with E-state index in [9.17, 15) is 9.59 Å². The third-order valence-electron chi connectivity index (χ3n) is 4.06. The number of thiophene rings is 1. The number of hydrogen-bond donors (Lipinski definition) is 1. The molecule has 1 N–H and O–H groups in total. The van der Waals surface area contributed by atoms with Crippen molar-refractivity contribution in [3.8, 4) is 0 Å². The second kappa shape index (κ2) is 4.63. The van der Waals surface area contributed by atoms with Crippen molar-refractivity contribution in [3.63, 3.8) is 0 Å². The number of carboxylic acids is 1. The fourth-order valence-corrected chi connectivity index (χ4v) is 3.94. The molecule has 5 heteroatoms. The number of rotatable bonds is 2. The van der Waals surface area contributed by atoms with Gasteiger partial charge >= 0.3 is 5.97 Å². The Bertz CT molecular complexity index is 531. The van der Waals surface area contributed by atoms with Crippen molar-refractivity contribution in [2.45, 2.75) is 26.2 Å². The summed E-state index contributed by atoms with van der Waals surface area (Å²) in [5, 5.41) is 8.83. The summed E-state index contributed by atoms with van der Waals surface area (Å²) >= 11 is 1.59. The van der Waals surface area contributed by atoms with Gasteiger partial charge in [0, 0.05) is 18.0 Å². The summed E-state index contributed by atoms with van der Waals surface area (Å²) in [7, 11) is 0. The summed E-state index contributed by atoms with van der Waals surface area (Å²) < 4.78 is 0. The molecule has 0 aromatic carbocycles. The third-order valence-corrected chi connectivity index (χ3v) is 5.28. The second-order valence-corrected chi connectivity index (χ2v) is 6.79. The number of carbonyl (C=O) groups excluding carboxylic acids is 1. The summed E-state index contributed by atoms with van der Waals surface area (Å²) in [6.45, 7) is 2.95. The van der Waals surface area contributed by atoms with Gasteiger partial charge in [-0.05, 0) is 36.8 Å². The molecular weight excluding hydrogens is 262 g/mol. The molecule has 1 aromatic heterocycles. The number of hydrogen-bond acceptors (Lipinski definition) is 3. The number of aryl methyl sites for hydroxylation is 1. The van der Waals surface area contributed by atoms with Crippen molar-refractivity contribution in [1.29, 1.82) is 0 Å². The van der Waals surface area contributed by atoms with Crippen LogP contribution in [-0.4, -0.2) is 35.0 Å². The van der Waals surface area contributed by atoms with Crippen LogP contribution in [0.5, 0.6) is 0 Å². The number of aliphatic carboxylic acids is 1. The zero-order chi connectivity index (χ0) is 13.6. The van der Waals surface area contributed by atoms with E-state index in [0.717, 1.165) is 17.7 Å². The molecule has 1 amide bonds. The lowest BCUT2D eigenvalue weighted by atomic mass is 9.90. The third kappa shape index (κ3) is 2.27. The zero-order valence-corrected chi connectivity index (χ0v) is 11.7. The van der Waals surface area contributed by atoms with Crippen molar-refractivity contribution in [2.75, 3.05) is 13.1 Å². The average Bonchev–Trinajstić information content (AvgIpc) is 2.68. The van der Waals surface area contributed by atoms with E-state index in [1.165, 1.54) is 16.9 Å². The van der Waals surface area contributed by atoms with E-state index in [0.29, 0.717) is 19.0 Å². The molecule has 1 aliphatic heterocycles. The Balaban J connectivity index is 1.70. The Kier molecular flexibility index (Phi) is 3.09. The van der Waals surface area contributed by atoms with Gasteiger partial charge in [-0.1, -0.05) is 6.92 Å². The van der Waals surface area contributed by atoms with Crippen LogP contribution in [0.4, 0.5) is 0 Å². The number of nitrogens with zero attached hydrogens (tertiary/aromatic N) is 1. The Morgan fingerprint density at radius 1 is 1.42 bits per heavy atom. The topological polar surface area (TPSA) is 57.6 Å². The first kappa shape index (κ1) is 12.7. The second-order valence-electron chi connectivity index (χ2n) is 5.65. The Hall–Kier alpha value is -1.36. The SMILES string of the molecule is CC1CCc2sc(C(=O)N3CC(C(=O)O)C3)cc2C1. The highest BCUT2D eigenvalue weighted by molar-refractivity contribution is 7.14. The molecule has 1 saturated heterocycles. The lowest BCUT2D eigenvalue weighted by molar-refractivity contribution is -0.146. The van der Waals surface area contributed by atoms with Gasteiger partial charge in [0.1, 0.15) is 0 Å². The van der Waals surface area contributed by atoms with Gasteiger partial charge in [0.2, 0.25) is 0 Å². The molecule has 1 unspecified atom stereocenters. The van der Waals surface area contributed by atoms with E-state index < -0.39 is 5.97 Å². The van der Waals surface area contributed by atoms with Crippen molar-refractivity contribution in [2.24, 2.45) is 11.8 Å². The van der Waals surface area contributed by atoms with Crippen LogP contribution in [0.2, 0.25) is 0 Å². The lowest BCUT2D eigenvalue weighted by Crippen LogP contribution is -2.52. The summed E-state index contributed by atoms with van der Waals surface area (Å²) in [6, 6.07) is 2.02. The van der Waals surface area contributed by atoms with E-state index in [4.69, 9.17) is 5.11 Å². The standard InChI is InChI=1S/C14H17NO3S/c1-8-2-3-11-9(4-8)5-12(19-11)13(16)15-6-10(7-15)14(17)18/h5,8,10H,2-4,6-7H2,1H3,(H,17,18). The maximum absolute atomic E-state index is 12.2. The molecule has 1 atom stereocenters.